The van der Waals surface area contributed by atoms with E-state index in [0.29, 0.717) is 6.61 Å². The number of hydrogen-bond donors (Lipinski definition) is 1. The van der Waals surface area contributed by atoms with Crippen molar-refractivity contribution < 1.29 is 9.84 Å². The highest BCUT2D eigenvalue weighted by molar-refractivity contribution is 9.10. The predicted molar refractivity (Wildman–Crippen MR) is 73.3 cm³/mol. The standard InChI is InChI=1S/C14H14BrNO2/c1-10(17)11-3-2-4-14(7-11)18-9-13-6-5-12(15)8-16-13/h2-8,10,17H,9H2,1H3/t10-/m0/s1. The van der Waals surface area contributed by atoms with Gasteiger partial charge in [0.05, 0.1) is 11.8 Å². The molecule has 2 aromatic rings. The predicted octanol–water partition coefficient (Wildman–Crippen LogP) is 3.48. The Hall–Kier alpha value is -1.39. The Morgan fingerprint density at radius 2 is 2.17 bits per heavy atom. The summed E-state index contributed by atoms with van der Waals surface area (Å²) in [6.45, 7) is 2.14. The van der Waals surface area contributed by atoms with Crippen molar-refractivity contribution in [1.29, 1.82) is 0 Å². The molecule has 2 rings (SSSR count). The minimum Gasteiger partial charge on any atom is -0.487 e. The van der Waals surface area contributed by atoms with Crippen LogP contribution in [0.3, 0.4) is 0 Å². The van der Waals surface area contributed by atoms with Crippen LogP contribution in [0, 0.1) is 0 Å². The third kappa shape index (κ3) is 3.55. The summed E-state index contributed by atoms with van der Waals surface area (Å²) in [4.78, 5) is 4.23. The first-order chi connectivity index (χ1) is 8.65. The molecular formula is C14H14BrNO2. The van der Waals surface area contributed by atoms with Gasteiger partial charge in [0.25, 0.3) is 0 Å². The third-order valence-corrected chi connectivity index (χ3v) is 2.98. The van der Waals surface area contributed by atoms with Gasteiger partial charge in [0.1, 0.15) is 12.4 Å². The second kappa shape index (κ2) is 5.98. The number of aliphatic hydroxyl groups is 1. The van der Waals surface area contributed by atoms with Crippen LogP contribution >= 0.6 is 15.9 Å². The van der Waals surface area contributed by atoms with Crippen LogP contribution in [0.2, 0.25) is 0 Å². The van der Waals surface area contributed by atoms with E-state index in [1.54, 1.807) is 13.1 Å². The number of pyridine rings is 1. The van der Waals surface area contributed by atoms with Crippen LogP contribution in [0.25, 0.3) is 0 Å². The number of benzene rings is 1. The van der Waals surface area contributed by atoms with Crippen LogP contribution in [-0.2, 0) is 6.61 Å². The van der Waals surface area contributed by atoms with E-state index in [2.05, 4.69) is 20.9 Å². The van der Waals surface area contributed by atoms with Gasteiger partial charge in [-0.2, -0.15) is 0 Å². The van der Waals surface area contributed by atoms with E-state index in [-0.39, 0.29) is 0 Å². The molecule has 4 heteroatoms. The van der Waals surface area contributed by atoms with Crippen molar-refractivity contribution >= 4 is 15.9 Å². The molecule has 0 aliphatic carbocycles. The molecule has 0 aliphatic heterocycles. The number of rotatable bonds is 4. The van der Waals surface area contributed by atoms with Gasteiger partial charge in [-0.05, 0) is 52.7 Å². The van der Waals surface area contributed by atoms with Crippen LogP contribution in [-0.4, -0.2) is 10.1 Å². The van der Waals surface area contributed by atoms with Gasteiger partial charge in [-0.3, -0.25) is 4.98 Å². The van der Waals surface area contributed by atoms with Crippen LogP contribution in [0.4, 0.5) is 0 Å². The molecule has 3 nitrogen and oxygen atoms in total. The molecule has 0 fully saturated rings. The van der Waals surface area contributed by atoms with E-state index in [1.165, 1.54) is 0 Å². The van der Waals surface area contributed by atoms with E-state index in [4.69, 9.17) is 4.74 Å². The molecule has 0 radical (unpaired) electrons. The van der Waals surface area contributed by atoms with Gasteiger partial charge in [-0.1, -0.05) is 12.1 Å². The fraction of sp³-hybridized carbons (Fsp3) is 0.214. The summed E-state index contributed by atoms with van der Waals surface area (Å²) in [7, 11) is 0. The highest BCUT2D eigenvalue weighted by atomic mass is 79.9. The van der Waals surface area contributed by atoms with Gasteiger partial charge in [0.2, 0.25) is 0 Å². The number of hydrogen-bond acceptors (Lipinski definition) is 3. The highest BCUT2D eigenvalue weighted by Crippen LogP contribution is 2.19. The average molecular weight is 308 g/mol. The summed E-state index contributed by atoms with van der Waals surface area (Å²) < 4.78 is 6.58. The van der Waals surface area contributed by atoms with Crippen molar-refractivity contribution in [3.63, 3.8) is 0 Å². The molecule has 18 heavy (non-hydrogen) atoms. The summed E-state index contributed by atoms with van der Waals surface area (Å²) in [5.74, 6) is 0.734. The molecule has 0 unspecified atom stereocenters. The van der Waals surface area contributed by atoms with Crippen molar-refractivity contribution in [3.05, 3.63) is 58.3 Å². The molecule has 94 valence electrons. The summed E-state index contributed by atoms with van der Waals surface area (Å²) in [6.07, 6.45) is 1.25. The van der Waals surface area contributed by atoms with Crippen LogP contribution in [0.1, 0.15) is 24.3 Å². The first-order valence-corrected chi connectivity index (χ1v) is 6.46. The number of ether oxygens (including phenoxy) is 1. The zero-order valence-corrected chi connectivity index (χ0v) is 11.6. The number of halogens is 1. The second-order valence-electron chi connectivity index (χ2n) is 4.00. The van der Waals surface area contributed by atoms with Gasteiger partial charge in [-0.25, -0.2) is 0 Å². The average Bonchev–Trinajstić information content (AvgIpc) is 2.38. The SMILES string of the molecule is C[C@H](O)c1cccc(OCc2ccc(Br)cn2)c1. The highest BCUT2D eigenvalue weighted by Gasteiger charge is 2.03. The van der Waals surface area contributed by atoms with E-state index >= 15 is 0 Å². The lowest BCUT2D eigenvalue weighted by Gasteiger charge is -2.09. The van der Waals surface area contributed by atoms with Crippen molar-refractivity contribution in [2.45, 2.75) is 19.6 Å². The van der Waals surface area contributed by atoms with Crippen molar-refractivity contribution in [2.24, 2.45) is 0 Å². The molecule has 0 saturated carbocycles. The molecule has 1 atom stereocenters. The maximum atomic E-state index is 9.49. The lowest BCUT2D eigenvalue weighted by molar-refractivity contribution is 0.198. The van der Waals surface area contributed by atoms with Crippen LogP contribution in [0.5, 0.6) is 5.75 Å². The van der Waals surface area contributed by atoms with Gasteiger partial charge in [0, 0.05) is 10.7 Å². The summed E-state index contributed by atoms with van der Waals surface area (Å²) in [6, 6.07) is 11.3. The minimum atomic E-state index is -0.487. The summed E-state index contributed by atoms with van der Waals surface area (Å²) >= 11 is 3.34. The lowest BCUT2D eigenvalue weighted by Crippen LogP contribution is -1.99. The Balaban J connectivity index is 2.01. The quantitative estimate of drug-likeness (QED) is 0.940. The van der Waals surface area contributed by atoms with Gasteiger partial charge in [0.15, 0.2) is 0 Å². The Morgan fingerprint density at radius 1 is 1.33 bits per heavy atom. The second-order valence-corrected chi connectivity index (χ2v) is 4.92. The smallest absolute Gasteiger partial charge is 0.130 e. The normalized spacial score (nSPS) is 12.2. The molecule has 0 bridgehead atoms. The topological polar surface area (TPSA) is 42.4 Å². The fourth-order valence-electron chi connectivity index (χ4n) is 1.51. The Labute approximate surface area is 115 Å². The van der Waals surface area contributed by atoms with Crippen LogP contribution < -0.4 is 4.74 Å². The molecule has 1 heterocycles. The van der Waals surface area contributed by atoms with E-state index in [9.17, 15) is 5.11 Å². The molecule has 1 aromatic carbocycles. The summed E-state index contributed by atoms with van der Waals surface area (Å²) in [5, 5.41) is 9.49. The first kappa shape index (κ1) is 13.1. The lowest BCUT2D eigenvalue weighted by atomic mass is 10.1. The summed E-state index contributed by atoms with van der Waals surface area (Å²) in [5.41, 5.74) is 1.71. The zero-order chi connectivity index (χ0) is 13.0. The van der Waals surface area contributed by atoms with Gasteiger partial charge >= 0.3 is 0 Å². The maximum Gasteiger partial charge on any atom is 0.130 e. The first-order valence-electron chi connectivity index (χ1n) is 5.66. The third-order valence-electron chi connectivity index (χ3n) is 2.52. The molecule has 0 aliphatic rings. The Kier molecular flexibility index (Phi) is 4.33. The molecule has 1 aromatic heterocycles. The number of nitrogens with zero attached hydrogens (tertiary/aromatic N) is 1. The molecule has 0 saturated heterocycles. The molecule has 0 amide bonds. The number of aromatic nitrogens is 1. The van der Waals surface area contributed by atoms with Crippen molar-refractivity contribution in [3.8, 4) is 5.75 Å². The fourth-order valence-corrected chi connectivity index (χ4v) is 1.75. The molecule has 0 spiro atoms. The van der Waals surface area contributed by atoms with E-state index in [0.717, 1.165) is 21.5 Å². The Bertz CT molecular complexity index is 511. The van der Waals surface area contributed by atoms with Crippen LogP contribution in [0.15, 0.2) is 47.1 Å². The van der Waals surface area contributed by atoms with E-state index < -0.39 is 6.10 Å². The largest absolute Gasteiger partial charge is 0.487 e. The van der Waals surface area contributed by atoms with Crippen molar-refractivity contribution in [1.82, 2.24) is 4.98 Å². The van der Waals surface area contributed by atoms with E-state index in [1.807, 2.05) is 36.4 Å². The zero-order valence-electron chi connectivity index (χ0n) is 10.0. The van der Waals surface area contributed by atoms with Gasteiger partial charge < -0.3 is 9.84 Å². The molecular weight excluding hydrogens is 294 g/mol. The Morgan fingerprint density at radius 3 is 2.83 bits per heavy atom. The maximum absolute atomic E-state index is 9.49. The monoisotopic (exact) mass is 307 g/mol. The minimum absolute atomic E-state index is 0.413. The van der Waals surface area contributed by atoms with Gasteiger partial charge in [-0.15, -0.1) is 0 Å². The van der Waals surface area contributed by atoms with Crippen molar-refractivity contribution in [2.75, 3.05) is 0 Å². The number of aliphatic hydroxyl groups excluding tert-OH is 1. The molecule has 1 N–H and O–H groups in total.